The Morgan fingerprint density at radius 1 is 0.798 bits per heavy atom. The number of nitrogens with one attached hydrogen (secondary N) is 1. The van der Waals surface area contributed by atoms with Gasteiger partial charge in [0.2, 0.25) is 41.4 Å². The van der Waals surface area contributed by atoms with E-state index in [4.69, 9.17) is 74.2 Å². The first-order chi connectivity index (χ1) is 43.2. The van der Waals surface area contributed by atoms with Crippen molar-refractivity contribution in [3.05, 3.63) is 76.1 Å². The summed E-state index contributed by atoms with van der Waals surface area (Å²) in [5.74, 6) is -7.34. The Morgan fingerprint density at radius 2 is 1.37 bits per heavy atom. The predicted octanol–water partition coefficient (Wildman–Crippen LogP) is 3.72. The van der Waals surface area contributed by atoms with Crippen LogP contribution < -0.4 is 45.5 Å². The second kappa shape index (κ2) is 29.4. The molecule has 1 aromatic carbocycles. The molecule has 0 aliphatic carbocycles. The third-order valence-corrected chi connectivity index (χ3v) is 21.6. The van der Waals surface area contributed by atoms with Crippen LogP contribution >= 0.6 is 7.82 Å². The zero-order valence-electron chi connectivity index (χ0n) is 55.5. The van der Waals surface area contributed by atoms with Gasteiger partial charge in [0.25, 0.3) is 0 Å². The molecule has 1 radical (unpaired) electrons. The number of aryl methyl sites for hydroxylation is 2. The van der Waals surface area contributed by atoms with Gasteiger partial charge in [-0.2, -0.15) is 5.70 Å². The Morgan fingerprint density at radius 3 is 1.94 bits per heavy atom. The number of phosphoric acid groups is 1. The Kier molecular flexibility index (Phi) is 24.0. The van der Waals surface area contributed by atoms with Crippen LogP contribution in [0.15, 0.2) is 67.8 Å². The number of phosphoric ester groups is 1. The monoisotopic (exact) mass is 1370 g/mol. The van der Waals surface area contributed by atoms with Crippen LogP contribution in [0.4, 0.5) is 0 Å². The second-order valence-corrected chi connectivity index (χ2v) is 28.7. The fraction of sp³-hybridized carbons (Fsp3) is 0.625. The average molecular weight is 1370 g/mol. The van der Waals surface area contributed by atoms with Crippen molar-refractivity contribution in [3.8, 4) is 0 Å². The van der Waals surface area contributed by atoms with Crippen molar-refractivity contribution in [1.82, 2.24) is 14.9 Å². The molecule has 6 aliphatic rings. The van der Waals surface area contributed by atoms with Crippen molar-refractivity contribution < 1.29 is 83.8 Å². The summed E-state index contributed by atoms with van der Waals surface area (Å²) in [4.78, 5) is 125. The van der Waals surface area contributed by atoms with Crippen LogP contribution in [-0.4, -0.2) is 139 Å². The zero-order valence-corrected chi connectivity index (χ0v) is 57.5. The van der Waals surface area contributed by atoms with Gasteiger partial charge in [-0.3, -0.25) is 57.6 Å². The van der Waals surface area contributed by atoms with Crippen molar-refractivity contribution >= 4 is 77.3 Å². The van der Waals surface area contributed by atoms with E-state index in [1.165, 1.54) is 13.3 Å². The first-order valence-electron chi connectivity index (χ1n) is 31.4. The summed E-state index contributed by atoms with van der Waals surface area (Å²) in [7, 11) is -5.07. The molecule has 18 N–H and O–H groups in total. The summed E-state index contributed by atoms with van der Waals surface area (Å²) in [5.41, 5.74) is 41.5. The molecule has 15 unspecified atom stereocenters. The molecule has 2 fully saturated rings. The number of aliphatic imine (C=N–C) groups is 3. The van der Waals surface area contributed by atoms with E-state index in [-0.39, 0.29) is 94.0 Å². The Bertz CT molecular complexity index is 3570. The van der Waals surface area contributed by atoms with Crippen LogP contribution in [-0.2, 0) is 68.7 Å². The van der Waals surface area contributed by atoms with Crippen LogP contribution in [0.1, 0.15) is 150 Å². The minimum absolute atomic E-state index is 0. The van der Waals surface area contributed by atoms with E-state index < -0.39 is 143 Å². The zero-order chi connectivity index (χ0) is 69.4. The molecular weight excluding hydrogens is 1280 g/mol. The van der Waals surface area contributed by atoms with Gasteiger partial charge in [-0.15, -0.1) is 6.54 Å². The van der Waals surface area contributed by atoms with Crippen LogP contribution in [0.25, 0.3) is 16.4 Å². The number of carbonyl (C=O) groups excluding carboxylic acids is 7. The maximum absolute atomic E-state index is 14.4. The molecule has 7 amide bonds. The number of primary amides is 6. The van der Waals surface area contributed by atoms with Gasteiger partial charge in [0, 0.05) is 108 Å². The summed E-state index contributed by atoms with van der Waals surface area (Å²) in [6.07, 6.45) is -4.47. The number of hydrogen-bond acceptors (Lipinski definition) is 18. The van der Waals surface area contributed by atoms with Crippen molar-refractivity contribution in [1.29, 1.82) is 0 Å². The standard InChI is InChI=1S/C62H90N13O14P.C2H6N.Co/c1-29-20-39-40(21-30(29)2)75(28-70-39)57-52(84)53(41(27-76)87-57)89-90(85,86)88-31(3)26-69-49(83)18-19-59(8)37(22-46(66)80)56-62(11)61(10,25-48(68)82)36(14-17-45(65)79)51(74-62)33(5)55-60(9,24-47(67)81)34(12-15-43(63)77)38(71-55)23-42-58(6,7)35(13-16-44(64)78)50(72-42)32(4)54(59)73-56;1-2-3;/h20-21,23,28,31,34-37,41,52-53,56-57,76,84H,12-19,22,24-27H2,1-11H3,(H15,63,64,65,66,67,68,69,71,72,73,74,77,78,79,80,81,82,83,85,86);1-3H2;/q;-1;+2/p-1. The molecule has 7 heterocycles. The van der Waals surface area contributed by atoms with E-state index in [1.54, 1.807) is 11.5 Å². The van der Waals surface area contributed by atoms with E-state index in [0.717, 1.165) is 11.1 Å². The van der Waals surface area contributed by atoms with Crippen molar-refractivity contribution in [3.63, 3.8) is 0 Å². The molecule has 0 spiro atoms. The van der Waals surface area contributed by atoms with Gasteiger partial charge in [-0.1, -0.05) is 40.7 Å². The third kappa shape index (κ3) is 15.2. The molecule has 6 aliphatic heterocycles. The molecule has 15 atom stereocenters. The van der Waals surface area contributed by atoms with Gasteiger partial charge >= 0.3 is 24.6 Å². The molecular formula is C64H95CoN14O14P. The molecule has 8 rings (SSSR count). The average Bonchev–Trinajstić information content (AvgIpc) is 1.53. The molecule has 519 valence electrons. The number of aromatic nitrogens is 2. The summed E-state index contributed by atoms with van der Waals surface area (Å²) >= 11 is 0. The number of aliphatic hydroxyl groups is 2. The Balaban J connectivity index is 0.00000343. The van der Waals surface area contributed by atoms with Crippen LogP contribution in [0.5, 0.6) is 0 Å². The number of ether oxygens (including phenoxy) is 1. The summed E-state index contributed by atoms with van der Waals surface area (Å²) in [6, 6.07) is 2.68. The molecule has 2 saturated heterocycles. The predicted molar refractivity (Wildman–Crippen MR) is 348 cm³/mol. The number of allylic oxidation sites excluding steroid dienone is 6. The second-order valence-electron chi connectivity index (χ2n) is 27.3. The Labute approximate surface area is 558 Å². The summed E-state index contributed by atoms with van der Waals surface area (Å²) in [5, 5.41) is 30.2. The number of benzene rings is 1. The van der Waals surface area contributed by atoms with Gasteiger partial charge in [0.05, 0.1) is 41.3 Å². The fourth-order valence-electron chi connectivity index (χ4n) is 15.3. The molecule has 1 aromatic heterocycles. The molecule has 8 bridgehead atoms. The minimum Gasteiger partial charge on any atom is -0.682 e. The first kappa shape index (κ1) is 76.5. The smallest absolute Gasteiger partial charge is 0.682 e. The number of imidazole rings is 1. The largest absolute Gasteiger partial charge is 2.00 e. The minimum atomic E-state index is -5.07. The normalized spacial score (nSPS) is 32.2. The van der Waals surface area contributed by atoms with E-state index in [0.29, 0.717) is 63.0 Å². The quantitative estimate of drug-likeness (QED) is 0.0472. The van der Waals surface area contributed by atoms with Crippen LogP contribution in [0.2, 0.25) is 0 Å². The first-order valence-corrected chi connectivity index (χ1v) is 32.9. The topological polar surface area (TPSA) is 488 Å². The number of carbonyl (C=O) groups is 7. The molecule has 2 aromatic rings. The molecule has 94 heavy (non-hydrogen) atoms. The molecule has 0 saturated carbocycles. The van der Waals surface area contributed by atoms with Crippen molar-refractivity contribution in [2.75, 3.05) is 19.7 Å². The van der Waals surface area contributed by atoms with E-state index in [9.17, 15) is 53.2 Å². The van der Waals surface area contributed by atoms with E-state index in [1.807, 2.05) is 80.5 Å². The van der Waals surface area contributed by atoms with E-state index in [2.05, 4.69) is 17.2 Å². The van der Waals surface area contributed by atoms with Crippen LogP contribution in [0.3, 0.4) is 0 Å². The number of aliphatic hydroxyl groups excluding tert-OH is 2. The molecule has 28 nitrogen and oxygen atoms in total. The number of nitrogens with zero attached hydrogens (tertiary/aromatic N) is 6. The number of nitrogens with two attached hydrogens (primary N) is 7. The van der Waals surface area contributed by atoms with E-state index >= 15 is 0 Å². The number of hydrogen-bond donors (Lipinski definition) is 11. The summed E-state index contributed by atoms with van der Waals surface area (Å²) < 4.78 is 32.3. The third-order valence-electron chi connectivity index (χ3n) is 20.5. The van der Waals surface area contributed by atoms with Crippen molar-refractivity contribution in [2.24, 2.45) is 100 Å². The number of fused-ring (bicyclic) bond motifs is 7. The Hall–Kier alpha value is -6.53. The molecule has 30 heteroatoms. The van der Waals surface area contributed by atoms with Crippen LogP contribution in [0, 0.1) is 66.1 Å². The fourth-order valence-corrected chi connectivity index (χ4v) is 16.5. The summed E-state index contributed by atoms with van der Waals surface area (Å²) in [6.45, 7) is 22.9. The van der Waals surface area contributed by atoms with Gasteiger partial charge in [0.15, 0.2) is 6.23 Å². The van der Waals surface area contributed by atoms with Gasteiger partial charge < -0.3 is 82.1 Å². The maximum Gasteiger partial charge on any atom is 2.00 e. The number of amides is 7. The number of rotatable bonds is 26. The maximum atomic E-state index is 14.4. The van der Waals surface area contributed by atoms with Crippen molar-refractivity contribution in [2.45, 2.75) is 189 Å². The SMILES string of the molecule is CC1=C2N=C(/C=C3N=C(/C(C)=C4\[N-]C(C(CC(N)=O)C4(C)CCC(=O)NCC(C)OP(=O)(O)OC4C(CO)OC(n5cnc6cc(C)c(C)cc65)C4O)C4(C)N=C1C(CCC(N)=O)C4(C)CC(N)=O)C(CCC(N)=O)C\3(C)C)C(CCC(N)=O)C2(C)CC(N)=O.[CH2-]CN.[Co+2]. The van der Waals surface area contributed by atoms with Gasteiger partial charge in [-0.05, 0) is 119 Å². The van der Waals surface area contributed by atoms with Gasteiger partial charge in [-0.25, -0.2) is 9.55 Å². The van der Waals surface area contributed by atoms with Gasteiger partial charge in [0.1, 0.15) is 18.3 Å².